The predicted octanol–water partition coefficient (Wildman–Crippen LogP) is 4.45. The van der Waals surface area contributed by atoms with Crippen LogP contribution in [-0.4, -0.2) is 33.3 Å². The Morgan fingerprint density at radius 3 is 2.90 bits per heavy atom. The summed E-state index contributed by atoms with van der Waals surface area (Å²) < 4.78 is 7.28. The minimum atomic E-state index is -0.222. The molecule has 0 spiro atoms. The Balaban J connectivity index is 1.60. The van der Waals surface area contributed by atoms with Gasteiger partial charge in [-0.25, -0.2) is 4.98 Å². The summed E-state index contributed by atoms with van der Waals surface area (Å²) >= 11 is 7.52. The van der Waals surface area contributed by atoms with Gasteiger partial charge in [0, 0.05) is 29.8 Å². The summed E-state index contributed by atoms with van der Waals surface area (Å²) in [4.78, 5) is 16.9. The average molecular weight is 444 g/mol. The number of amides is 1. The van der Waals surface area contributed by atoms with E-state index in [1.807, 2.05) is 45.2 Å². The van der Waals surface area contributed by atoms with Gasteiger partial charge in [0.1, 0.15) is 22.9 Å². The van der Waals surface area contributed by atoms with Gasteiger partial charge in [-0.05, 0) is 39.0 Å². The number of halogens is 1. The maximum absolute atomic E-state index is 12.5. The average Bonchev–Trinajstić information content (AvgIpc) is 3.38. The van der Waals surface area contributed by atoms with E-state index < -0.39 is 0 Å². The number of rotatable bonds is 8. The van der Waals surface area contributed by atoms with Gasteiger partial charge in [-0.3, -0.25) is 9.48 Å². The molecule has 30 heavy (non-hydrogen) atoms. The van der Waals surface area contributed by atoms with Crippen molar-refractivity contribution in [2.24, 2.45) is 0 Å². The van der Waals surface area contributed by atoms with Crippen LogP contribution in [0.15, 0.2) is 35.8 Å². The van der Waals surface area contributed by atoms with Crippen LogP contribution in [0.3, 0.4) is 0 Å². The summed E-state index contributed by atoms with van der Waals surface area (Å²) in [7, 11) is 0. The molecule has 0 aliphatic carbocycles. The summed E-state index contributed by atoms with van der Waals surface area (Å²) in [5.41, 5.74) is 2.39. The Morgan fingerprint density at radius 2 is 2.20 bits per heavy atom. The second-order valence-corrected chi connectivity index (χ2v) is 8.07. The molecular formula is C21H22ClN5O2S. The Hall–Kier alpha value is -2.73. The number of hydrogen-bond donors (Lipinski definition) is 1. The zero-order valence-electron chi connectivity index (χ0n) is 16.9. The topological polar surface area (TPSA) is 92.8 Å². The lowest BCUT2D eigenvalue weighted by atomic mass is 10.1. The van der Waals surface area contributed by atoms with Gasteiger partial charge in [0.05, 0.1) is 22.8 Å². The van der Waals surface area contributed by atoms with Crippen LogP contribution in [-0.2, 0) is 11.3 Å². The zero-order valence-corrected chi connectivity index (χ0v) is 18.5. The van der Waals surface area contributed by atoms with Crippen molar-refractivity contribution in [2.45, 2.75) is 39.5 Å². The van der Waals surface area contributed by atoms with Gasteiger partial charge >= 0.3 is 0 Å². The zero-order chi connectivity index (χ0) is 21.7. The van der Waals surface area contributed by atoms with E-state index in [0.29, 0.717) is 29.4 Å². The SMILES string of the molecule is CCO[C@@H](C)c1nc(C(=O)N[C@@H](C)Cn2ccc(-c3ccc(C#N)c(Cl)c3)n2)cs1. The van der Waals surface area contributed by atoms with Gasteiger partial charge in [0.15, 0.2) is 0 Å². The van der Waals surface area contributed by atoms with Crippen LogP contribution in [0, 0.1) is 11.3 Å². The van der Waals surface area contributed by atoms with E-state index in [1.54, 1.807) is 22.2 Å². The summed E-state index contributed by atoms with van der Waals surface area (Å²) in [6, 6.07) is 8.97. The highest BCUT2D eigenvalue weighted by molar-refractivity contribution is 7.09. The van der Waals surface area contributed by atoms with Gasteiger partial charge in [0.2, 0.25) is 0 Å². The van der Waals surface area contributed by atoms with E-state index in [1.165, 1.54) is 11.3 Å². The van der Waals surface area contributed by atoms with Crippen molar-refractivity contribution in [2.75, 3.05) is 6.61 Å². The molecule has 1 N–H and O–H groups in total. The molecular weight excluding hydrogens is 422 g/mol. The molecule has 3 rings (SSSR count). The van der Waals surface area contributed by atoms with Gasteiger partial charge in [0.25, 0.3) is 5.91 Å². The minimum Gasteiger partial charge on any atom is -0.372 e. The van der Waals surface area contributed by atoms with Crippen molar-refractivity contribution in [3.05, 3.63) is 57.1 Å². The number of nitrogens with zero attached hydrogens (tertiary/aromatic N) is 4. The molecule has 0 unspecified atom stereocenters. The van der Waals surface area contributed by atoms with E-state index in [2.05, 4.69) is 15.4 Å². The lowest BCUT2D eigenvalue weighted by Gasteiger charge is -2.13. The van der Waals surface area contributed by atoms with E-state index in [0.717, 1.165) is 16.3 Å². The number of carbonyl (C=O) groups excluding carboxylic acids is 1. The molecule has 0 bridgehead atoms. The molecule has 0 radical (unpaired) electrons. The molecule has 9 heteroatoms. The number of nitrogens with one attached hydrogen (secondary N) is 1. The first kappa shape index (κ1) is 22.0. The van der Waals surface area contributed by atoms with Crippen LogP contribution in [0.25, 0.3) is 11.3 Å². The summed E-state index contributed by atoms with van der Waals surface area (Å²) in [6.07, 6.45) is 1.71. The van der Waals surface area contributed by atoms with Crippen molar-refractivity contribution in [3.63, 3.8) is 0 Å². The first-order chi connectivity index (χ1) is 14.4. The first-order valence-corrected chi connectivity index (χ1v) is 10.8. The lowest BCUT2D eigenvalue weighted by Crippen LogP contribution is -2.36. The molecule has 3 aromatic rings. The molecule has 156 valence electrons. The van der Waals surface area contributed by atoms with Crippen molar-refractivity contribution in [1.29, 1.82) is 5.26 Å². The minimum absolute atomic E-state index is 0.128. The van der Waals surface area contributed by atoms with E-state index in [-0.39, 0.29) is 18.1 Å². The standard InChI is InChI=1S/C21H22ClN5O2S/c1-4-29-14(3)21-25-19(12-30-21)20(28)24-13(2)11-27-8-7-18(26-27)15-5-6-16(10-23)17(22)9-15/h5-9,12-14H,4,11H2,1-3H3,(H,24,28)/t13-,14-/m0/s1. The van der Waals surface area contributed by atoms with Crippen LogP contribution >= 0.6 is 22.9 Å². The van der Waals surface area contributed by atoms with Gasteiger partial charge < -0.3 is 10.1 Å². The molecule has 0 fully saturated rings. The summed E-state index contributed by atoms with van der Waals surface area (Å²) in [5.74, 6) is -0.222. The number of carbonyl (C=O) groups is 1. The van der Waals surface area contributed by atoms with E-state index in [4.69, 9.17) is 21.6 Å². The molecule has 1 aromatic carbocycles. The molecule has 2 heterocycles. The monoisotopic (exact) mass is 443 g/mol. The van der Waals surface area contributed by atoms with Crippen molar-refractivity contribution in [3.8, 4) is 17.3 Å². The number of benzene rings is 1. The van der Waals surface area contributed by atoms with E-state index >= 15 is 0 Å². The Bertz CT molecular complexity index is 1070. The van der Waals surface area contributed by atoms with Gasteiger partial charge in [-0.2, -0.15) is 10.4 Å². The molecule has 2 atom stereocenters. The summed E-state index contributed by atoms with van der Waals surface area (Å²) in [6.45, 7) is 6.86. The maximum Gasteiger partial charge on any atom is 0.271 e. The molecule has 0 aliphatic heterocycles. The normalized spacial score (nSPS) is 12.9. The molecule has 7 nitrogen and oxygen atoms in total. The third-order valence-electron chi connectivity index (χ3n) is 4.38. The van der Waals surface area contributed by atoms with Crippen molar-refractivity contribution >= 4 is 28.8 Å². The van der Waals surface area contributed by atoms with Crippen LogP contribution in [0.1, 0.15) is 47.9 Å². The third-order valence-corrected chi connectivity index (χ3v) is 5.70. The highest BCUT2D eigenvalue weighted by atomic mass is 35.5. The van der Waals surface area contributed by atoms with Crippen LogP contribution in [0.4, 0.5) is 0 Å². The molecule has 2 aromatic heterocycles. The Labute approximate surface area is 184 Å². The number of hydrogen-bond acceptors (Lipinski definition) is 6. The highest BCUT2D eigenvalue weighted by Crippen LogP contribution is 2.24. The van der Waals surface area contributed by atoms with Gasteiger partial charge in [-0.15, -0.1) is 11.3 Å². The smallest absolute Gasteiger partial charge is 0.271 e. The highest BCUT2D eigenvalue weighted by Gasteiger charge is 2.17. The van der Waals surface area contributed by atoms with Crippen molar-refractivity contribution in [1.82, 2.24) is 20.1 Å². The maximum atomic E-state index is 12.5. The largest absolute Gasteiger partial charge is 0.372 e. The van der Waals surface area contributed by atoms with Crippen LogP contribution < -0.4 is 5.32 Å². The molecule has 0 saturated heterocycles. The van der Waals surface area contributed by atoms with Crippen LogP contribution in [0.5, 0.6) is 0 Å². The number of aromatic nitrogens is 3. The fourth-order valence-electron chi connectivity index (χ4n) is 2.91. The van der Waals surface area contributed by atoms with Crippen LogP contribution in [0.2, 0.25) is 5.02 Å². The quantitative estimate of drug-likeness (QED) is 0.555. The first-order valence-electron chi connectivity index (χ1n) is 9.52. The third kappa shape index (κ3) is 5.25. The van der Waals surface area contributed by atoms with Gasteiger partial charge in [-0.1, -0.05) is 17.7 Å². The molecule has 0 saturated carbocycles. The number of nitriles is 1. The van der Waals surface area contributed by atoms with E-state index in [9.17, 15) is 4.79 Å². The summed E-state index contributed by atoms with van der Waals surface area (Å²) in [5, 5.41) is 19.4. The molecule has 1 amide bonds. The second kappa shape index (κ2) is 9.85. The fourth-order valence-corrected chi connectivity index (χ4v) is 3.93. The predicted molar refractivity (Wildman–Crippen MR) is 116 cm³/mol. The lowest BCUT2D eigenvalue weighted by molar-refractivity contribution is 0.0759. The number of ether oxygens (including phenoxy) is 1. The molecule has 0 aliphatic rings. The number of thiazole rings is 1. The fraction of sp³-hybridized carbons (Fsp3) is 0.333. The Kier molecular flexibility index (Phi) is 7.21. The Morgan fingerprint density at radius 1 is 1.40 bits per heavy atom. The second-order valence-electron chi connectivity index (χ2n) is 6.77. The van der Waals surface area contributed by atoms with Crippen molar-refractivity contribution < 1.29 is 9.53 Å².